The van der Waals surface area contributed by atoms with Gasteiger partial charge in [0.25, 0.3) is 0 Å². The number of morpholine rings is 1. The van der Waals surface area contributed by atoms with Crippen molar-refractivity contribution in [3.63, 3.8) is 0 Å². The molecule has 0 aliphatic carbocycles. The molecule has 20 heteroatoms. The fourth-order valence-corrected chi connectivity index (χ4v) is 9.45. The maximum absolute atomic E-state index is 17.4. The second-order valence-corrected chi connectivity index (χ2v) is 15.7. The summed E-state index contributed by atoms with van der Waals surface area (Å²) in [5.74, 6) is -5.44. The van der Waals surface area contributed by atoms with Crippen LogP contribution in [0.5, 0.6) is 11.8 Å². The zero-order valence-electron chi connectivity index (χ0n) is 30.6. The number of ether oxygens (including phenoxy) is 2. The van der Waals surface area contributed by atoms with Crippen molar-refractivity contribution in [1.29, 1.82) is 5.26 Å². The summed E-state index contributed by atoms with van der Waals surface area (Å²) in [4.78, 5) is 16.5. The first-order valence-electron chi connectivity index (χ1n) is 18.4. The number of nitriles is 1. The van der Waals surface area contributed by atoms with E-state index in [9.17, 15) is 19.1 Å². The number of hydrogen-bond donors (Lipinski definition) is 4. The number of benzene rings is 2. The van der Waals surface area contributed by atoms with E-state index in [1.807, 2.05) is 9.80 Å². The number of aromatic hydroxyl groups is 1. The summed E-state index contributed by atoms with van der Waals surface area (Å²) in [6.07, 6.45) is -4.09. The number of fused-ring (bicyclic) bond motifs is 3. The molecular formula is C38H36F7N9O3S. The summed E-state index contributed by atoms with van der Waals surface area (Å²) < 4.78 is 119. The van der Waals surface area contributed by atoms with Gasteiger partial charge < -0.3 is 31.4 Å². The third kappa shape index (κ3) is 7.03. The van der Waals surface area contributed by atoms with Crippen LogP contribution in [0.15, 0.2) is 24.4 Å². The Labute approximate surface area is 330 Å². The predicted molar refractivity (Wildman–Crippen MR) is 201 cm³/mol. The lowest BCUT2D eigenvalue weighted by atomic mass is 9.91. The van der Waals surface area contributed by atoms with Crippen LogP contribution in [-0.4, -0.2) is 94.1 Å². The Morgan fingerprint density at radius 1 is 1.14 bits per heavy atom. The first-order valence-corrected chi connectivity index (χ1v) is 19.2. The number of nitrogens with one attached hydrogen (secondary N) is 1. The quantitative estimate of drug-likeness (QED) is 0.107. The zero-order chi connectivity index (χ0) is 41.1. The van der Waals surface area contributed by atoms with Crippen molar-refractivity contribution in [2.24, 2.45) is 0 Å². The molecule has 306 valence electrons. The lowest BCUT2D eigenvalue weighted by Crippen LogP contribution is -2.43. The number of phenols is 1. The predicted octanol–water partition coefficient (Wildman–Crippen LogP) is 6.91. The van der Waals surface area contributed by atoms with Gasteiger partial charge in [0.1, 0.15) is 63.9 Å². The number of nitrogens with zero attached hydrogens (tertiary/aromatic N) is 6. The lowest BCUT2D eigenvalue weighted by molar-refractivity contribution is -0.138. The smallest absolute Gasteiger partial charge is 0.420 e. The van der Waals surface area contributed by atoms with Crippen molar-refractivity contribution in [3.8, 4) is 29.0 Å². The largest absolute Gasteiger partial charge is 0.506 e. The number of halogens is 7. The molecule has 3 atom stereocenters. The molecule has 0 amide bonds. The third-order valence-corrected chi connectivity index (χ3v) is 12.2. The molecule has 0 saturated carbocycles. The van der Waals surface area contributed by atoms with Crippen LogP contribution >= 0.6 is 11.3 Å². The topological polar surface area (TPSA) is 172 Å². The molecule has 3 fully saturated rings. The molecule has 0 radical (unpaired) electrons. The first-order chi connectivity index (χ1) is 27.7. The highest BCUT2D eigenvalue weighted by Crippen LogP contribution is 2.52. The van der Waals surface area contributed by atoms with Gasteiger partial charge in [-0.3, -0.25) is 9.80 Å². The van der Waals surface area contributed by atoms with E-state index in [-0.39, 0.29) is 52.6 Å². The van der Waals surface area contributed by atoms with Gasteiger partial charge in [-0.05, 0) is 43.5 Å². The van der Waals surface area contributed by atoms with E-state index in [2.05, 4.69) is 20.3 Å². The highest BCUT2D eigenvalue weighted by Gasteiger charge is 2.49. The van der Waals surface area contributed by atoms with E-state index < -0.39 is 91.9 Å². The molecule has 6 heterocycles. The molecule has 6 N–H and O–H groups in total. The number of hydrogen-bond acceptors (Lipinski definition) is 13. The molecule has 12 nitrogen and oxygen atoms in total. The summed E-state index contributed by atoms with van der Waals surface area (Å²) in [7, 11) is 0. The Balaban J connectivity index is 1.35. The van der Waals surface area contributed by atoms with Crippen LogP contribution in [0.3, 0.4) is 0 Å². The first kappa shape index (κ1) is 39.6. The van der Waals surface area contributed by atoms with Gasteiger partial charge in [-0.15, -0.1) is 11.3 Å². The van der Waals surface area contributed by atoms with Crippen molar-refractivity contribution in [1.82, 2.24) is 24.8 Å². The summed E-state index contributed by atoms with van der Waals surface area (Å²) in [5.41, 5.74) is 6.64. The average molecular weight is 832 g/mol. The number of rotatable bonds is 10. The van der Waals surface area contributed by atoms with Crippen LogP contribution in [0.2, 0.25) is 0 Å². The Kier molecular flexibility index (Phi) is 10.4. The van der Waals surface area contributed by atoms with Crippen molar-refractivity contribution >= 4 is 49.0 Å². The third-order valence-electron chi connectivity index (χ3n) is 11.2. The molecule has 3 aliphatic heterocycles. The lowest BCUT2D eigenvalue weighted by Gasteiger charge is -2.31. The maximum atomic E-state index is 17.4. The maximum Gasteiger partial charge on any atom is 0.420 e. The minimum Gasteiger partial charge on any atom is -0.506 e. The van der Waals surface area contributed by atoms with Gasteiger partial charge in [0, 0.05) is 49.1 Å². The van der Waals surface area contributed by atoms with E-state index in [4.69, 9.17) is 20.9 Å². The van der Waals surface area contributed by atoms with Crippen molar-refractivity contribution in [2.45, 2.75) is 49.6 Å². The van der Waals surface area contributed by atoms with Gasteiger partial charge in [0.2, 0.25) is 0 Å². The second-order valence-electron chi connectivity index (χ2n) is 14.7. The number of pyridine rings is 1. The summed E-state index contributed by atoms with van der Waals surface area (Å²) in [6, 6.07) is 2.97. The zero-order valence-corrected chi connectivity index (χ0v) is 31.4. The molecule has 0 spiro atoms. The number of anilines is 3. The van der Waals surface area contributed by atoms with E-state index in [0.717, 1.165) is 30.8 Å². The van der Waals surface area contributed by atoms with Gasteiger partial charge in [0.05, 0.1) is 46.6 Å². The summed E-state index contributed by atoms with van der Waals surface area (Å²) in [5, 5.41) is 23.2. The number of aromatic nitrogens is 3. The van der Waals surface area contributed by atoms with Crippen LogP contribution in [0.4, 0.5) is 47.4 Å². The SMILES string of the molecule is N#Cc1c(N)sc2c(F)ccc(-c3c(C(F)(F)F)c(O)c4c(N[C@H](CCN5CCOCC5)c5cc(F)cnc5N)nc(OC[C@@]56CCCN5C[C@H](F)C6)nc4c3F)c12. The molecule has 3 aliphatic rings. The van der Waals surface area contributed by atoms with Gasteiger partial charge in [-0.2, -0.15) is 28.4 Å². The van der Waals surface area contributed by atoms with Crippen molar-refractivity contribution in [2.75, 3.05) is 69.3 Å². The molecule has 0 unspecified atom stereocenters. The molecular weight excluding hydrogens is 796 g/mol. The van der Waals surface area contributed by atoms with Crippen LogP contribution in [-0.2, 0) is 10.9 Å². The van der Waals surface area contributed by atoms with Crippen LogP contribution in [0.25, 0.3) is 32.1 Å². The standard InChI is InChI=1S/C38H36F7N9O3S/c39-18-12-21(33(47)49-15-18)24(4-7-53-8-10-56-11-9-53)50-35-27-30(51-36(52-35)57-17-37-5-1-6-54(37)16-19(40)13-37)29(42)26(28(31(27)55)38(43,44)45)20-2-3-23(41)32-25(20)22(14-46)34(48)58-32/h2-3,12,15,19,24,55H,1,4-11,13,16-17,48H2,(H2,47,49)(H,50,51,52)/t19-,24-,37+/m1/s1. The highest BCUT2D eigenvalue weighted by atomic mass is 32.1. The number of nitrogens with two attached hydrogens (primary N) is 2. The molecule has 2 aromatic carbocycles. The van der Waals surface area contributed by atoms with E-state index >= 15 is 22.0 Å². The summed E-state index contributed by atoms with van der Waals surface area (Å²) in [6.45, 7) is 3.00. The average Bonchev–Trinajstić information content (AvgIpc) is 3.84. The van der Waals surface area contributed by atoms with Crippen LogP contribution in [0, 0.1) is 28.8 Å². The van der Waals surface area contributed by atoms with Gasteiger partial charge >= 0.3 is 12.2 Å². The normalized spacial score (nSPS) is 20.8. The van der Waals surface area contributed by atoms with E-state index in [1.54, 1.807) is 6.07 Å². The van der Waals surface area contributed by atoms with Crippen molar-refractivity contribution < 1.29 is 45.3 Å². The van der Waals surface area contributed by atoms with Gasteiger partial charge in [-0.1, -0.05) is 6.07 Å². The molecule has 5 aromatic rings. The molecule has 58 heavy (non-hydrogen) atoms. The number of nitrogen functional groups attached to an aromatic ring is 2. The number of alkyl halides is 4. The number of thiophene rings is 1. The number of phenolic OH excluding ortho intramolecular Hbond substituents is 1. The fourth-order valence-electron chi connectivity index (χ4n) is 8.50. The Morgan fingerprint density at radius 3 is 2.66 bits per heavy atom. The highest BCUT2D eigenvalue weighted by molar-refractivity contribution is 7.23. The van der Waals surface area contributed by atoms with Crippen LogP contribution in [0.1, 0.15) is 48.4 Å². The minimum atomic E-state index is -5.46. The van der Waals surface area contributed by atoms with Gasteiger partial charge in [-0.25, -0.2) is 22.5 Å². The van der Waals surface area contributed by atoms with E-state index in [0.29, 0.717) is 57.2 Å². The molecule has 3 saturated heterocycles. The Morgan fingerprint density at radius 2 is 1.91 bits per heavy atom. The second kappa shape index (κ2) is 15.2. The molecule has 0 bridgehead atoms. The summed E-state index contributed by atoms with van der Waals surface area (Å²) >= 11 is 0.593. The van der Waals surface area contributed by atoms with Gasteiger partial charge in [0.15, 0.2) is 5.82 Å². The monoisotopic (exact) mass is 831 g/mol. The fraction of sp³-hybridized carbons (Fsp3) is 0.421. The van der Waals surface area contributed by atoms with Crippen LogP contribution < -0.4 is 21.5 Å². The van der Waals surface area contributed by atoms with E-state index in [1.165, 1.54) is 0 Å². The molecule has 3 aromatic heterocycles. The Hall–Kier alpha value is -5.23. The molecule has 8 rings (SSSR count). The van der Waals surface area contributed by atoms with Crippen molar-refractivity contribution in [3.05, 3.63) is 58.5 Å². The minimum absolute atomic E-state index is 0.100. The Bertz CT molecular complexity index is 2460.